The Labute approximate surface area is 77.4 Å². The lowest BCUT2D eigenvalue weighted by molar-refractivity contribution is 0.746. The lowest BCUT2D eigenvalue weighted by atomic mass is 10.1. The van der Waals surface area contributed by atoms with E-state index in [1.54, 1.807) is 13.2 Å². The molecule has 0 bridgehead atoms. The number of nitrogens with zero attached hydrogens (tertiary/aromatic N) is 2. The van der Waals surface area contributed by atoms with Crippen molar-refractivity contribution in [2.75, 3.05) is 12.4 Å². The molecule has 1 atom stereocenters. The number of anilines is 1. The average molecular weight is 176 g/mol. The van der Waals surface area contributed by atoms with Gasteiger partial charge in [0.05, 0.1) is 12.5 Å². The number of aromatic nitrogens is 1. The minimum Gasteiger partial charge on any atom is -0.373 e. The standard InChI is InChI=1S/C9H12N4/c1-12-9-7(3-2-6-13-9)8(11)4-5-10/h2-3,6,8H,4,11H2,1H3,(H,12,13)/t8-/m1/s1. The lowest BCUT2D eigenvalue weighted by Crippen LogP contribution is -2.12. The first-order chi connectivity index (χ1) is 6.29. The molecule has 4 heteroatoms. The summed E-state index contributed by atoms with van der Waals surface area (Å²) < 4.78 is 0. The smallest absolute Gasteiger partial charge is 0.130 e. The van der Waals surface area contributed by atoms with Crippen molar-refractivity contribution < 1.29 is 0 Å². The highest BCUT2D eigenvalue weighted by atomic mass is 15.0. The molecule has 1 heterocycles. The first kappa shape index (κ1) is 9.49. The second-order valence-corrected chi connectivity index (χ2v) is 2.66. The molecule has 3 N–H and O–H groups in total. The van der Waals surface area contributed by atoms with Gasteiger partial charge in [-0.1, -0.05) is 6.07 Å². The van der Waals surface area contributed by atoms with Crippen molar-refractivity contribution in [2.24, 2.45) is 5.73 Å². The van der Waals surface area contributed by atoms with Crippen LogP contribution in [0.4, 0.5) is 5.82 Å². The Balaban J connectivity index is 2.93. The van der Waals surface area contributed by atoms with Crippen molar-refractivity contribution in [2.45, 2.75) is 12.5 Å². The second-order valence-electron chi connectivity index (χ2n) is 2.66. The molecular formula is C9H12N4. The van der Waals surface area contributed by atoms with Crippen molar-refractivity contribution in [3.8, 4) is 6.07 Å². The number of nitrogens with two attached hydrogens (primary N) is 1. The SMILES string of the molecule is CNc1ncccc1[C@H](N)CC#N. The summed E-state index contributed by atoms with van der Waals surface area (Å²) in [5.74, 6) is 0.741. The molecule has 0 aliphatic rings. The van der Waals surface area contributed by atoms with Gasteiger partial charge in [-0.15, -0.1) is 0 Å². The van der Waals surface area contributed by atoms with Crippen molar-refractivity contribution in [1.82, 2.24) is 4.98 Å². The molecule has 0 aromatic carbocycles. The van der Waals surface area contributed by atoms with E-state index in [1.807, 2.05) is 18.2 Å². The van der Waals surface area contributed by atoms with Gasteiger partial charge in [0.25, 0.3) is 0 Å². The van der Waals surface area contributed by atoms with E-state index < -0.39 is 0 Å². The third-order valence-corrected chi connectivity index (χ3v) is 1.79. The monoisotopic (exact) mass is 176 g/mol. The van der Waals surface area contributed by atoms with Crippen molar-refractivity contribution >= 4 is 5.82 Å². The Kier molecular flexibility index (Phi) is 3.23. The summed E-state index contributed by atoms with van der Waals surface area (Å²) in [5, 5.41) is 11.4. The van der Waals surface area contributed by atoms with Gasteiger partial charge in [-0.05, 0) is 6.07 Å². The molecule has 0 saturated heterocycles. The van der Waals surface area contributed by atoms with Crippen LogP contribution in [-0.2, 0) is 0 Å². The van der Waals surface area contributed by atoms with E-state index >= 15 is 0 Å². The molecule has 0 saturated carbocycles. The predicted octanol–water partition coefficient (Wildman–Crippen LogP) is 1.04. The summed E-state index contributed by atoms with van der Waals surface area (Å²) in [6.45, 7) is 0. The molecule has 1 rings (SSSR count). The number of nitriles is 1. The van der Waals surface area contributed by atoms with Crippen LogP contribution in [0.3, 0.4) is 0 Å². The van der Waals surface area contributed by atoms with Crippen LogP contribution < -0.4 is 11.1 Å². The fourth-order valence-electron chi connectivity index (χ4n) is 1.13. The molecular weight excluding hydrogens is 164 g/mol. The zero-order valence-electron chi connectivity index (χ0n) is 7.49. The summed E-state index contributed by atoms with van der Waals surface area (Å²) in [5.41, 5.74) is 6.66. The largest absolute Gasteiger partial charge is 0.373 e. The maximum absolute atomic E-state index is 8.49. The summed E-state index contributed by atoms with van der Waals surface area (Å²) >= 11 is 0. The van der Waals surface area contributed by atoms with Gasteiger partial charge >= 0.3 is 0 Å². The van der Waals surface area contributed by atoms with E-state index in [0.29, 0.717) is 6.42 Å². The maximum Gasteiger partial charge on any atom is 0.130 e. The zero-order valence-corrected chi connectivity index (χ0v) is 7.49. The quantitative estimate of drug-likeness (QED) is 0.721. The Morgan fingerprint density at radius 1 is 1.77 bits per heavy atom. The van der Waals surface area contributed by atoms with Crippen LogP contribution in [-0.4, -0.2) is 12.0 Å². The third-order valence-electron chi connectivity index (χ3n) is 1.79. The number of hydrogen-bond acceptors (Lipinski definition) is 4. The molecule has 0 radical (unpaired) electrons. The van der Waals surface area contributed by atoms with Gasteiger partial charge in [-0.3, -0.25) is 0 Å². The van der Waals surface area contributed by atoms with Crippen LogP contribution in [0.2, 0.25) is 0 Å². The van der Waals surface area contributed by atoms with Crippen LogP contribution in [0, 0.1) is 11.3 Å². The minimum absolute atomic E-state index is 0.263. The Morgan fingerprint density at radius 2 is 2.54 bits per heavy atom. The first-order valence-corrected chi connectivity index (χ1v) is 4.04. The summed E-state index contributed by atoms with van der Waals surface area (Å²) in [7, 11) is 1.78. The highest BCUT2D eigenvalue weighted by Gasteiger charge is 2.09. The molecule has 4 nitrogen and oxygen atoms in total. The summed E-state index contributed by atoms with van der Waals surface area (Å²) in [6, 6.07) is 5.46. The highest BCUT2D eigenvalue weighted by Crippen LogP contribution is 2.19. The topological polar surface area (TPSA) is 74.7 Å². The van der Waals surface area contributed by atoms with Gasteiger partial charge in [0, 0.05) is 24.8 Å². The average Bonchev–Trinajstić information content (AvgIpc) is 2.18. The maximum atomic E-state index is 8.49. The molecule has 0 unspecified atom stereocenters. The Hall–Kier alpha value is -1.60. The van der Waals surface area contributed by atoms with Crippen LogP contribution in [0.25, 0.3) is 0 Å². The first-order valence-electron chi connectivity index (χ1n) is 4.04. The molecule has 0 aliphatic carbocycles. The van der Waals surface area contributed by atoms with Crippen molar-refractivity contribution in [3.05, 3.63) is 23.9 Å². The summed E-state index contributed by atoms with van der Waals surface area (Å²) in [4.78, 5) is 4.10. The molecule has 13 heavy (non-hydrogen) atoms. The summed E-state index contributed by atoms with van der Waals surface area (Å²) in [6.07, 6.45) is 1.99. The van der Waals surface area contributed by atoms with Crippen LogP contribution in [0.15, 0.2) is 18.3 Å². The fourth-order valence-corrected chi connectivity index (χ4v) is 1.13. The predicted molar refractivity (Wildman–Crippen MR) is 50.9 cm³/mol. The Bertz CT molecular complexity index is 316. The van der Waals surface area contributed by atoms with Gasteiger partial charge in [-0.2, -0.15) is 5.26 Å². The number of hydrogen-bond donors (Lipinski definition) is 2. The van der Waals surface area contributed by atoms with Crippen molar-refractivity contribution in [1.29, 1.82) is 5.26 Å². The van der Waals surface area contributed by atoms with Crippen LogP contribution in [0.5, 0.6) is 0 Å². The number of pyridine rings is 1. The highest BCUT2D eigenvalue weighted by molar-refractivity contribution is 5.45. The normalized spacial score (nSPS) is 11.8. The lowest BCUT2D eigenvalue weighted by Gasteiger charge is -2.11. The van der Waals surface area contributed by atoms with Gasteiger partial charge in [0.1, 0.15) is 5.82 Å². The Morgan fingerprint density at radius 3 is 3.15 bits per heavy atom. The van der Waals surface area contributed by atoms with E-state index in [9.17, 15) is 0 Å². The molecule has 1 aromatic rings. The van der Waals surface area contributed by atoms with E-state index in [0.717, 1.165) is 11.4 Å². The van der Waals surface area contributed by atoms with Gasteiger partial charge < -0.3 is 11.1 Å². The fraction of sp³-hybridized carbons (Fsp3) is 0.333. The molecule has 0 fully saturated rings. The van der Waals surface area contributed by atoms with E-state index in [4.69, 9.17) is 11.0 Å². The van der Waals surface area contributed by atoms with E-state index in [2.05, 4.69) is 10.3 Å². The number of rotatable bonds is 3. The van der Waals surface area contributed by atoms with Gasteiger partial charge in [0.2, 0.25) is 0 Å². The van der Waals surface area contributed by atoms with Crippen molar-refractivity contribution in [3.63, 3.8) is 0 Å². The molecule has 68 valence electrons. The molecule has 0 amide bonds. The molecule has 1 aromatic heterocycles. The van der Waals surface area contributed by atoms with E-state index in [1.165, 1.54) is 0 Å². The minimum atomic E-state index is -0.263. The van der Waals surface area contributed by atoms with Gasteiger partial charge in [-0.25, -0.2) is 4.98 Å². The van der Waals surface area contributed by atoms with E-state index in [-0.39, 0.29) is 6.04 Å². The number of nitrogens with one attached hydrogen (secondary N) is 1. The van der Waals surface area contributed by atoms with Gasteiger partial charge in [0.15, 0.2) is 0 Å². The van der Waals surface area contributed by atoms with Crippen LogP contribution >= 0.6 is 0 Å². The molecule has 0 spiro atoms. The van der Waals surface area contributed by atoms with Crippen LogP contribution in [0.1, 0.15) is 18.0 Å². The second kappa shape index (κ2) is 4.43. The molecule has 0 aliphatic heterocycles. The zero-order chi connectivity index (χ0) is 9.68. The third kappa shape index (κ3) is 2.17.